The number of nitrogens with zero attached hydrogens (tertiary/aromatic N) is 3. The van der Waals surface area contributed by atoms with Crippen molar-refractivity contribution in [2.75, 3.05) is 11.9 Å². The van der Waals surface area contributed by atoms with Gasteiger partial charge in [-0.25, -0.2) is 4.85 Å². The fourth-order valence-corrected chi connectivity index (χ4v) is 3.86. The van der Waals surface area contributed by atoms with E-state index in [1.165, 1.54) is 11.0 Å². The summed E-state index contributed by atoms with van der Waals surface area (Å²) in [5.41, 5.74) is -2.23. The van der Waals surface area contributed by atoms with Crippen LogP contribution in [0, 0.1) is 6.57 Å². The minimum Gasteiger partial charge on any atom is -0.337 e. The van der Waals surface area contributed by atoms with Crippen LogP contribution in [0.4, 0.5) is 24.5 Å². The van der Waals surface area contributed by atoms with E-state index in [2.05, 4.69) is 4.85 Å². The summed E-state index contributed by atoms with van der Waals surface area (Å²) in [5.74, 6) is -0.281. The van der Waals surface area contributed by atoms with Crippen LogP contribution in [0.15, 0.2) is 18.2 Å². The van der Waals surface area contributed by atoms with Crippen LogP contribution in [-0.4, -0.2) is 28.5 Å². The third-order valence-corrected chi connectivity index (χ3v) is 5.27. The first-order valence-corrected chi connectivity index (χ1v) is 7.84. The number of alkyl halides is 3. The second kappa shape index (κ2) is 5.45. The van der Waals surface area contributed by atoms with Crippen molar-refractivity contribution < 1.29 is 18.0 Å². The van der Waals surface area contributed by atoms with Gasteiger partial charge in [0.15, 0.2) is 10.8 Å². The highest BCUT2D eigenvalue weighted by atomic mass is 32.1. The zero-order valence-electron chi connectivity index (χ0n) is 12.9. The Morgan fingerprint density at radius 1 is 1.29 bits per heavy atom. The molecule has 3 rings (SSSR count). The van der Waals surface area contributed by atoms with Crippen LogP contribution < -0.4 is 4.90 Å². The summed E-state index contributed by atoms with van der Waals surface area (Å²) >= 11 is 5.32. The Balaban J connectivity index is 2.08. The van der Waals surface area contributed by atoms with Crippen molar-refractivity contribution >= 4 is 34.6 Å². The van der Waals surface area contributed by atoms with Gasteiger partial charge in [-0.15, -0.1) is 0 Å². The molecule has 2 fully saturated rings. The Morgan fingerprint density at radius 2 is 1.92 bits per heavy atom. The molecule has 8 heteroatoms. The smallest absolute Gasteiger partial charge is 0.337 e. The van der Waals surface area contributed by atoms with E-state index in [9.17, 15) is 18.0 Å². The van der Waals surface area contributed by atoms with Gasteiger partial charge in [-0.2, -0.15) is 13.2 Å². The molecule has 1 saturated heterocycles. The molecule has 126 valence electrons. The Morgan fingerprint density at radius 3 is 2.46 bits per heavy atom. The van der Waals surface area contributed by atoms with Gasteiger partial charge >= 0.3 is 6.18 Å². The molecule has 1 saturated carbocycles. The zero-order valence-corrected chi connectivity index (χ0v) is 13.7. The lowest BCUT2D eigenvalue weighted by Gasteiger charge is -2.28. The van der Waals surface area contributed by atoms with Gasteiger partial charge in [0.2, 0.25) is 0 Å². The lowest BCUT2D eigenvalue weighted by atomic mass is 9.96. The second-order valence-corrected chi connectivity index (χ2v) is 6.40. The van der Waals surface area contributed by atoms with Gasteiger partial charge < -0.3 is 4.90 Å². The normalized spacial score (nSPS) is 20.1. The second-order valence-electron chi connectivity index (χ2n) is 6.03. The van der Waals surface area contributed by atoms with Crippen molar-refractivity contribution in [1.29, 1.82) is 0 Å². The maximum Gasteiger partial charge on any atom is 0.407 e. The summed E-state index contributed by atoms with van der Waals surface area (Å²) in [4.78, 5) is 18.7. The van der Waals surface area contributed by atoms with Crippen LogP contribution in [0.1, 0.15) is 31.2 Å². The van der Waals surface area contributed by atoms with Gasteiger partial charge in [0.25, 0.3) is 5.91 Å². The van der Waals surface area contributed by atoms with Gasteiger partial charge in [0.1, 0.15) is 5.54 Å². The lowest BCUT2D eigenvalue weighted by molar-refractivity contribution is -0.136. The number of amides is 1. The van der Waals surface area contributed by atoms with E-state index in [1.807, 2.05) is 0 Å². The van der Waals surface area contributed by atoms with Crippen molar-refractivity contribution in [3.8, 4) is 0 Å². The third kappa shape index (κ3) is 2.26. The highest BCUT2D eigenvalue weighted by Crippen LogP contribution is 2.44. The van der Waals surface area contributed by atoms with Crippen LogP contribution in [0.2, 0.25) is 0 Å². The van der Waals surface area contributed by atoms with Crippen molar-refractivity contribution in [1.82, 2.24) is 4.90 Å². The predicted octanol–water partition coefficient (Wildman–Crippen LogP) is 4.13. The molecule has 1 heterocycles. The van der Waals surface area contributed by atoms with Crippen LogP contribution in [-0.2, 0) is 11.0 Å². The summed E-state index contributed by atoms with van der Waals surface area (Å²) in [6, 6.07) is 3.26. The Kier molecular flexibility index (Phi) is 3.79. The molecule has 1 aromatic carbocycles. The standard InChI is InChI=1S/C16H14F3N3OS/c1-20-12-6-5-10(9-11(12)16(17,18)19)22-13(23)15(7-3-4-8-15)21(2)14(22)24/h5-6,9H,3-4,7-8H2,2H3. The number of carbonyl (C=O) groups is 1. The molecule has 1 spiro atoms. The molecule has 1 aliphatic carbocycles. The SMILES string of the molecule is [C-]#[N+]c1ccc(N2C(=O)C3(CCCC3)N(C)C2=S)cc1C(F)(F)F. The molecule has 24 heavy (non-hydrogen) atoms. The number of benzene rings is 1. The number of anilines is 1. The van der Waals surface area contributed by atoms with Crippen molar-refractivity contribution in [2.24, 2.45) is 0 Å². The summed E-state index contributed by atoms with van der Waals surface area (Å²) in [6.07, 6.45) is -1.61. The van der Waals surface area contributed by atoms with Crippen molar-refractivity contribution in [3.05, 3.63) is 35.2 Å². The molecule has 1 amide bonds. The number of rotatable bonds is 1. The van der Waals surface area contributed by atoms with Gasteiger partial charge in [0, 0.05) is 12.7 Å². The first-order valence-electron chi connectivity index (χ1n) is 7.43. The van der Waals surface area contributed by atoms with E-state index < -0.39 is 23.0 Å². The van der Waals surface area contributed by atoms with Gasteiger partial charge in [-0.3, -0.25) is 9.69 Å². The highest BCUT2D eigenvalue weighted by Gasteiger charge is 2.55. The zero-order chi connectivity index (χ0) is 17.7. The molecular formula is C16H14F3N3OS. The lowest BCUT2D eigenvalue weighted by Crippen LogP contribution is -2.45. The van der Waals surface area contributed by atoms with Crippen LogP contribution in [0.3, 0.4) is 0 Å². The molecular weight excluding hydrogens is 339 g/mol. The summed E-state index contributed by atoms with van der Waals surface area (Å²) in [5, 5.41) is 0.200. The number of likely N-dealkylation sites (N-methyl/N-ethyl adjacent to an activating group) is 1. The fourth-order valence-electron chi connectivity index (χ4n) is 3.50. The molecule has 0 N–H and O–H groups in total. The van der Waals surface area contributed by atoms with Crippen molar-refractivity contribution in [3.63, 3.8) is 0 Å². The molecule has 1 aliphatic heterocycles. The van der Waals surface area contributed by atoms with Gasteiger partial charge in [-0.1, -0.05) is 18.9 Å². The summed E-state index contributed by atoms with van der Waals surface area (Å²) in [6.45, 7) is 6.90. The average molecular weight is 353 g/mol. The van der Waals surface area contributed by atoms with Crippen LogP contribution >= 0.6 is 12.2 Å². The minimum atomic E-state index is -4.67. The maximum absolute atomic E-state index is 13.2. The molecule has 0 atom stereocenters. The van der Waals surface area contributed by atoms with Crippen molar-refractivity contribution in [2.45, 2.75) is 37.4 Å². The topological polar surface area (TPSA) is 27.9 Å². The number of thiocarbonyl (C=S) groups is 1. The monoisotopic (exact) mass is 353 g/mol. The molecule has 4 nitrogen and oxygen atoms in total. The number of hydrogen-bond acceptors (Lipinski definition) is 2. The third-order valence-electron chi connectivity index (χ3n) is 4.82. The highest BCUT2D eigenvalue weighted by molar-refractivity contribution is 7.80. The Bertz CT molecular complexity index is 763. The van der Waals surface area contributed by atoms with E-state index in [1.54, 1.807) is 11.9 Å². The first kappa shape index (κ1) is 16.7. The van der Waals surface area contributed by atoms with E-state index in [0.29, 0.717) is 12.8 Å². The fraction of sp³-hybridized carbons (Fsp3) is 0.438. The molecule has 0 aromatic heterocycles. The van der Waals surface area contributed by atoms with E-state index in [4.69, 9.17) is 18.8 Å². The largest absolute Gasteiger partial charge is 0.407 e. The van der Waals surface area contributed by atoms with Gasteiger partial charge in [-0.05, 0) is 37.2 Å². The summed E-state index contributed by atoms with van der Waals surface area (Å²) in [7, 11) is 1.71. The maximum atomic E-state index is 13.2. The molecule has 0 unspecified atom stereocenters. The summed E-state index contributed by atoms with van der Waals surface area (Å²) < 4.78 is 39.5. The quantitative estimate of drug-likeness (QED) is 0.561. The Hall–Kier alpha value is -2.14. The average Bonchev–Trinajstić information content (AvgIpc) is 3.09. The predicted molar refractivity (Wildman–Crippen MR) is 86.8 cm³/mol. The molecule has 0 bridgehead atoms. The number of carbonyl (C=O) groups excluding carboxylic acids is 1. The Labute approximate surface area is 142 Å². The van der Waals surface area contributed by atoms with E-state index in [-0.39, 0.29) is 16.7 Å². The van der Waals surface area contributed by atoms with Crippen LogP contribution in [0.25, 0.3) is 4.85 Å². The molecule has 0 radical (unpaired) electrons. The van der Waals surface area contributed by atoms with Crippen LogP contribution in [0.5, 0.6) is 0 Å². The van der Waals surface area contributed by atoms with E-state index in [0.717, 1.165) is 25.0 Å². The molecule has 2 aliphatic rings. The molecule has 1 aromatic rings. The number of hydrogen-bond donors (Lipinski definition) is 0. The first-order chi connectivity index (χ1) is 11.2. The minimum absolute atomic E-state index is 0.0559. The van der Waals surface area contributed by atoms with E-state index >= 15 is 0 Å². The number of halogens is 3. The van der Waals surface area contributed by atoms with Gasteiger partial charge in [0.05, 0.1) is 12.1 Å².